The van der Waals surface area contributed by atoms with Gasteiger partial charge in [-0.1, -0.05) is 35.9 Å². The highest BCUT2D eigenvalue weighted by Crippen LogP contribution is 2.41. The number of nitrogens with zero attached hydrogens (tertiary/aromatic N) is 2. The standard InChI is InChI=1S/C20H17ClN4OS2/c21-16-10-9-15(28-16)19-18(14-8-4-5-11-22-14)24-20(27)25(19)12-17(26)23-13-6-2-1-3-7-13/h1-11,18-19H,12H2,(H,23,26)(H,24,27)/t18-,19-/m1/s1. The van der Waals surface area contributed by atoms with Crippen molar-refractivity contribution in [2.75, 3.05) is 11.9 Å². The van der Waals surface area contributed by atoms with Crippen molar-refractivity contribution in [3.05, 3.63) is 81.8 Å². The predicted octanol–water partition coefficient (Wildman–Crippen LogP) is 4.41. The number of carbonyl (C=O) groups is 1. The summed E-state index contributed by atoms with van der Waals surface area (Å²) in [6.07, 6.45) is 1.75. The third-order valence-electron chi connectivity index (χ3n) is 4.45. The first-order valence-corrected chi connectivity index (χ1v) is 10.3. The van der Waals surface area contributed by atoms with Gasteiger partial charge in [0.2, 0.25) is 5.91 Å². The maximum Gasteiger partial charge on any atom is 0.244 e. The Morgan fingerprint density at radius 3 is 2.64 bits per heavy atom. The molecule has 0 unspecified atom stereocenters. The number of thiophene rings is 1. The minimum atomic E-state index is -0.165. The van der Waals surface area contributed by atoms with Crippen LogP contribution in [0.3, 0.4) is 0 Å². The minimum Gasteiger partial charge on any atom is -0.352 e. The first-order chi connectivity index (χ1) is 13.6. The van der Waals surface area contributed by atoms with Crippen molar-refractivity contribution in [3.8, 4) is 0 Å². The lowest BCUT2D eigenvalue weighted by Crippen LogP contribution is -2.36. The molecule has 2 atom stereocenters. The van der Waals surface area contributed by atoms with Crippen LogP contribution < -0.4 is 10.6 Å². The summed E-state index contributed by atoms with van der Waals surface area (Å²) in [5.74, 6) is -0.135. The van der Waals surface area contributed by atoms with Crippen LogP contribution in [0.2, 0.25) is 4.34 Å². The molecule has 28 heavy (non-hydrogen) atoms. The van der Waals surface area contributed by atoms with E-state index < -0.39 is 0 Å². The molecule has 3 heterocycles. The Bertz CT molecular complexity index is 980. The maximum atomic E-state index is 12.7. The van der Waals surface area contributed by atoms with Crippen LogP contribution in [-0.2, 0) is 4.79 Å². The Morgan fingerprint density at radius 2 is 1.96 bits per heavy atom. The number of aromatic nitrogens is 1. The molecule has 3 aromatic rings. The fraction of sp³-hybridized carbons (Fsp3) is 0.150. The van der Waals surface area contributed by atoms with Gasteiger partial charge in [0.1, 0.15) is 6.54 Å². The quantitative estimate of drug-likeness (QED) is 0.589. The molecule has 0 saturated carbocycles. The molecule has 4 rings (SSSR count). The average Bonchev–Trinajstić information content (AvgIpc) is 3.26. The second-order valence-electron chi connectivity index (χ2n) is 6.31. The van der Waals surface area contributed by atoms with Crippen LogP contribution in [0, 0.1) is 0 Å². The molecule has 1 aromatic carbocycles. The van der Waals surface area contributed by atoms with E-state index in [9.17, 15) is 4.79 Å². The number of thiocarbonyl (C=S) groups is 1. The third kappa shape index (κ3) is 4.01. The molecule has 2 N–H and O–H groups in total. The Hall–Kier alpha value is -2.48. The SMILES string of the molecule is O=C(CN1C(=S)N[C@H](c2ccccn2)[C@H]1c1ccc(Cl)s1)Nc1ccccc1. The Balaban J connectivity index is 1.61. The first kappa shape index (κ1) is 18.9. The number of hydrogen-bond acceptors (Lipinski definition) is 4. The number of para-hydroxylation sites is 1. The lowest BCUT2D eigenvalue weighted by atomic mass is 10.0. The maximum absolute atomic E-state index is 12.7. The molecule has 1 saturated heterocycles. The Kier molecular flexibility index (Phi) is 5.57. The van der Waals surface area contributed by atoms with E-state index >= 15 is 0 Å². The van der Waals surface area contributed by atoms with Crippen molar-refractivity contribution in [2.45, 2.75) is 12.1 Å². The number of halogens is 1. The van der Waals surface area contributed by atoms with Gasteiger partial charge in [-0.15, -0.1) is 11.3 Å². The van der Waals surface area contributed by atoms with Crippen LogP contribution in [0.15, 0.2) is 66.9 Å². The van der Waals surface area contributed by atoms with Crippen molar-refractivity contribution < 1.29 is 4.79 Å². The molecule has 2 aromatic heterocycles. The van der Waals surface area contributed by atoms with E-state index in [0.29, 0.717) is 9.45 Å². The van der Waals surface area contributed by atoms with Crippen LogP contribution in [0.5, 0.6) is 0 Å². The van der Waals surface area contributed by atoms with Crippen LogP contribution >= 0.6 is 35.2 Å². The fourth-order valence-electron chi connectivity index (χ4n) is 3.25. The van der Waals surface area contributed by atoms with Gasteiger partial charge in [0.25, 0.3) is 0 Å². The van der Waals surface area contributed by atoms with Gasteiger partial charge in [-0.05, 0) is 48.6 Å². The van der Waals surface area contributed by atoms with Gasteiger partial charge >= 0.3 is 0 Å². The van der Waals surface area contributed by atoms with Gasteiger partial charge < -0.3 is 15.5 Å². The number of hydrogen-bond donors (Lipinski definition) is 2. The zero-order valence-electron chi connectivity index (χ0n) is 14.7. The summed E-state index contributed by atoms with van der Waals surface area (Å²) < 4.78 is 0.696. The lowest BCUT2D eigenvalue weighted by Gasteiger charge is -2.26. The van der Waals surface area contributed by atoms with Gasteiger partial charge in [0.05, 0.1) is 22.1 Å². The van der Waals surface area contributed by atoms with Gasteiger partial charge in [-0.2, -0.15) is 0 Å². The number of carbonyl (C=O) groups excluding carboxylic acids is 1. The van der Waals surface area contributed by atoms with Crippen LogP contribution in [0.1, 0.15) is 22.7 Å². The molecular weight excluding hydrogens is 412 g/mol. The Labute approximate surface area is 177 Å². The number of rotatable bonds is 5. The summed E-state index contributed by atoms with van der Waals surface area (Å²) in [6.45, 7) is 0.129. The molecule has 0 radical (unpaired) electrons. The predicted molar refractivity (Wildman–Crippen MR) is 117 cm³/mol. The molecule has 1 aliphatic heterocycles. The highest BCUT2D eigenvalue weighted by molar-refractivity contribution is 7.80. The van der Waals surface area contributed by atoms with Gasteiger partial charge in [-0.3, -0.25) is 9.78 Å². The normalized spacial score (nSPS) is 18.8. The summed E-state index contributed by atoms with van der Waals surface area (Å²) in [6, 6.07) is 18.7. The van der Waals surface area contributed by atoms with Crippen molar-refractivity contribution in [1.29, 1.82) is 0 Å². The number of benzene rings is 1. The monoisotopic (exact) mass is 428 g/mol. The molecule has 0 bridgehead atoms. The third-order valence-corrected chi connectivity index (χ3v) is 6.11. The van der Waals surface area contributed by atoms with E-state index in [1.807, 2.05) is 65.6 Å². The highest BCUT2D eigenvalue weighted by atomic mass is 35.5. The molecule has 5 nitrogen and oxygen atoms in total. The summed E-state index contributed by atoms with van der Waals surface area (Å²) in [4.78, 5) is 20.1. The second kappa shape index (κ2) is 8.26. The topological polar surface area (TPSA) is 57.3 Å². The number of anilines is 1. The fourth-order valence-corrected chi connectivity index (χ4v) is 4.77. The highest BCUT2D eigenvalue weighted by Gasteiger charge is 2.41. The van der Waals surface area contributed by atoms with Crippen molar-refractivity contribution in [2.24, 2.45) is 0 Å². The lowest BCUT2D eigenvalue weighted by molar-refractivity contribution is -0.116. The molecule has 1 aliphatic rings. The van der Waals surface area contributed by atoms with Crippen molar-refractivity contribution >= 4 is 51.9 Å². The van der Waals surface area contributed by atoms with Crippen LogP contribution in [0.4, 0.5) is 5.69 Å². The summed E-state index contributed by atoms with van der Waals surface area (Å²) >= 11 is 13.2. The summed E-state index contributed by atoms with van der Waals surface area (Å²) in [5, 5.41) is 6.76. The zero-order chi connectivity index (χ0) is 19.5. The number of nitrogens with one attached hydrogen (secondary N) is 2. The molecule has 0 aliphatic carbocycles. The van der Waals surface area contributed by atoms with Crippen molar-refractivity contribution in [3.63, 3.8) is 0 Å². The van der Waals surface area contributed by atoms with Crippen LogP contribution in [-0.4, -0.2) is 27.4 Å². The number of pyridine rings is 1. The van der Waals surface area contributed by atoms with E-state index in [-0.39, 0.29) is 24.5 Å². The van der Waals surface area contributed by atoms with E-state index in [1.54, 1.807) is 6.20 Å². The average molecular weight is 429 g/mol. The second-order valence-corrected chi connectivity index (χ2v) is 8.44. The first-order valence-electron chi connectivity index (χ1n) is 8.70. The van der Waals surface area contributed by atoms with E-state index in [0.717, 1.165) is 16.3 Å². The van der Waals surface area contributed by atoms with E-state index in [4.69, 9.17) is 23.8 Å². The van der Waals surface area contributed by atoms with Crippen molar-refractivity contribution in [1.82, 2.24) is 15.2 Å². The zero-order valence-corrected chi connectivity index (χ0v) is 17.1. The number of amides is 1. The van der Waals surface area contributed by atoms with Gasteiger partial charge in [0.15, 0.2) is 5.11 Å². The molecule has 1 amide bonds. The Morgan fingerprint density at radius 1 is 1.18 bits per heavy atom. The minimum absolute atomic E-state index is 0.129. The van der Waals surface area contributed by atoms with Gasteiger partial charge in [0, 0.05) is 16.8 Å². The molecule has 142 valence electrons. The molecule has 0 spiro atoms. The summed E-state index contributed by atoms with van der Waals surface area (Å²) in [5.41, 5.74) is 1.62. The van der Waals surface area contributed by atoms with E-state index in [1.165, 1.54) is 11.3 Å². The smallest absolute Gasteiger partial charge is 0.244 e. The van der Waals surface area contributed by atoms with Crippen LogP contribution in [0.25, 0.3) is 0 Å². The summed E-state index contributed by atoms with van der Waals surface area (Å²) in [7, 11) is 0. The van der Waals surface area contributed by atoms with E-state index in [2.05, 4.69) is 15.6 Å². The molecule has 1 fully saturated rings. The molecular formula is C20H17ClN4OS2. The molecule has 8 heteroatoms. The largest absolute Gasteiger partial charge is 0.352 e. The van der Waals surface area contributed by atoms with Gasteiger partial charge in [-0.25, -0.2) is 0 Å².